The van der Waals surface area contributed by atoms with E-state index < -0.39 is 9.39 Å². The molecule has 7 heteroatoms. The average Bonchev–Trinajstić information content (AvgIpc) is 3.55. The summed E-state index contributed by atoms with van der Waals surface area (Å²) in [6.07, 6.45) is 12.6. The number of nitrogens with one attached hydrogen (secondary N) is 3. The van der Waals surface area contributed by atoms with Gasteiger partial charge in [0.15, 0.2) is 0 Å². The van der Waals surface area contributed by atoms with E-state index in [1.54, 1.807) is 18.5 Å². The van der Waals surface area contributed by atoms with Crippen molar-refractivity contribution in [3.63, 3.8) is 0 Å². The van der Waals surface area contributed by atoms with Crippen molar-refractivity contribution >= 4 is 48.5 Å². The second-order valence-corrected chi connectivity index (χ2v) is 13.0. The Kier molecular flexibility index (Phi) is 7.61. The minimum Gasteiger partial charge on any atom is -0.352 e. The lowest BCUT2D eigenvalue weighted by atomic mass is 9.99. The third kappa shape index (κ3) is 5.71. The van der Waals surface area contributed by atoms with Crippen molar-refractivity contribution in [3.8, 4) is 22.5 Å². The number of fused-ring (bicyclic) bond motifs is 2. The SMILES string of the molecule is C=C/C(=C\C(=C/C)c1ccc2[nH]nc(-c3cc4c(-c5cc(F)cc(CNS(=C)(=C)C)c5)cncc4[nH]3)c2c1)CC. The molecule has 0 aliphatic carbocycles. The van der Waals surface area contributed by atoms with E-state index in [4.69, 9.17) is 0 Å². The number of benzene rings is 2. The molecule has 3 aromatic heterocycles. The fraction of sp³-hybridized carbons (Fsp3) is 0.152. The summed E-state index contributed by atoms with van der Waals surface area (Å²) in [6.45, 7) is 8.60. The number of halogens is 1. The number of allylic oxidation sites excluding steroid dienone is 5. The third-order valence-corrected chi connectivity index (χ3v) is 7.75. The van der Waals surface area contributed by atoms with Gasteiger partial charge in [0.1, 0.15) is 11.5 Å². The molecule has 3 N–H and O–H groups in total. The van der Waals surface area contributed by atoms with E-state index in [0.717, 1.165) is 67.4 Å². The Morgan fingerprint density at radius 2 is 1.90 bits per heavy atom. The van der Waals surface area contributed by atoms with Crippen molar-refractivity contribution in [3.05, 3.63) is 102 Å². The molecule has 2 aromatic carbocycles. The van der Waals surface area contributed by atoms with Gasteiger partial charge in [-0.05, 0) is 83.8 Å². The van der Waals surface area contributed by atoms with Gasteiger partial charge in [-0.3, -0.25) is 14.8 Å². The molecule has 0 saturated heterocycles. The maximum Gasteiger partial charge on any atom is 0.124 e. The Bertz CT molecular complexity index is 1900. The number of aromatic nitrogens is 4. The van der Waals surface area contributed by atoms with E-state index in [1.165, 1.54) is 11.6 Å². The summed E-state index contributed by atoms with van der Waals surface area (Å²) in [4.78, 5) is 7.93. The van der Waals surface area contributed by atoms with Crippen LogP contribution in [-0.4, -0.2) is 38.2 Å². The number of H-pyrrole nitrogens is 2. The highest BCUT2D eigenvalue weighted by atomic mass is 32.2. The summed E-state index contributed by atoms with van der Waals surface area (Å²) in [5.41, 5.74) is 9.33. The highest BCUT2D eigenvalue weighted by Crippen LogP contribution is 2.35. The summed E-state index contributed by atoms with van der Waals surface area (Å²) in [7, 11) is -1.42. The molecule has 0 atom stereocenters. The van der Waals surface area contributed by atoms with Crippen LogP contribution in [0.3, 0.4) is 0 Å². The van der Waals surface area contributed by atoms with Crippen molar-refractivity contribution < 1.29 is 4.39 Å². The number of hydrogen-bond donors (Lipinski definition) is 3. The molecule has 0 fully saturated rings. The van der Waals surface area contributed by atoms with Crippen molar-refractivity contribution in [1.82, 2.24) is 24.9 Å². The van der Waals surface area contributed by atoms with Gasteiger partial charge in [0.2, 0.25) is 0 Å². The number of aromatic amines is 2. The van der Waals surface area contributed by atoms with E-state index in [1.807, 2.05) is 25.3 Å². The third-order valence-electron chi connectivity index (χ3n) is 6.91. The van der Waals surface area contributed by atoms with Crippen LogP contribution in [0.15, 0.2) is 85.2 Å². The highest BCUT2D eigenvalue weighted by Gasteiger charge is 2.15. The van der Waals surface area contributed by atoms with Crippen LogP contribution >= 0.6 is 9.39 Å². The summed E-state index contributed by atoms with van der Waals surface area (Å²) in [5.74, 6) is 7.81. The molecule has 5 aromatic rings. The van der Waals surface area contributed by atoms with Crippen LogP contribution in [0, 0.1) is 5.82 Å². The van der Waals surface area contributed by atoms with Crippen LogP contribution in [0.25, 0.3) is 49.9 Å². The van der Waals surface area contributed by atoms with Crippen LogP contribution in [0.4, 0.5) is 4.39 Å². The van der Waals surface area contributed by atoms with Gasteiger partial charge in [0.05, 0.1) is 22.9 Å². The lowest BCUT2D eigenvalue weighted by Crippen LogP contribution is -2.08. The first kappa shape index (κ1) is 27.4. The van der Waals surface area contributed by atoms with Crippen LogP contribution < -0.4 is 4.72 Å². The highest BCUT2D eigenvalue weighted by molar-refractivity contribution is 8.25. The molecule has 5 nitrogen and oxygen atoms in total. The monoisotopic (exact) mass is 551 g/mol. The fourth-order valence-electron chi connectivity index (χ4n) is 4.81. The molecular weight excluding hydrogens is 517 g/mol. The first-order valence-electron chi connectivity index (χ1n) is 13.1. The van der Waals surface area contributed by atoms with Crippen molar-refractivity contribution in [2.24, 2.45) is 0 Å². The molecular formula is C33H34FN5S. The van der Waals surface area contributed by atoms with Gasteiger partial charge in [-0.25, -0.2) is 4.39 Å². The summed E-state index contributed by atoms with van der Waals surface area (Å²) < 4.78 is 18.0. The smallest absolute Gasteiger partial charge is 0.124 e. The Balaban J connectivity index is 1.58. The zero-order valence-corrected chi connectivity index (χ0v) is 24.0. The Labute approximate surface area is 235 Å². The molecule has 0 amide bonds. The summed E-state index contributed by atoms with van der Waals surface area (Å²) in [5, 5.41) is 9.77. The predicted molar refractivity (Wildman–Crippen MR) is 173 cm³/mol. The Morgan fingerprint density at radius 3 is 2.62 bits per heavy atom. The van der Waals surface area contributed by atoms with Gasteiger partial charge in [-0.15, -0.1) is 0 Å². The molecule has 0 unspecified atom stereocenters. The van der Waals surface area contributed by atoms with Crippen LogP contribution in [0.5, 0.6) is 0 Å². The molecule has 5 rings (SSSR count). The largest absolute Gasteiger partial charge is 0.352 e. The Morgan fingerprint density at radius 1 is 1.07 bits per heavy atom. The fourth-order valence-corrected chi connectivity index (χ4v) is 5.33. The van der Waals surface area contributed by atoms with E-state index >= 15 is 0 Å². The molecule has 0 radical (unpaired) electrons. The lowest BCUT2D eigenvalue weighted by molar-refractivity contribution is 0.625. The average molecular weight is 552 g/mol. The predicted octanol–water partition coefficient (Wildman–Crippen LogP) is 8.14. The maximum atomic E-state index is 14.7. The second kappa shape index (κ2) is 11.1. The minimum absolute atomic E-state index is 0.297. The minimum atomic E-state index is -1.42. The lowest BCUT2D eigenvalue weighted by Gasteiger charge is -2.12. The molecule has 0 bridgehead atoms. The van der Waals surface area contributed by atoms with Crippen LogP contribution in [-0.2, 0) is 6.54 Å². The van der Waals surface area contributed by atoms with Gasteiger partial charge in [0, 0.05) is 29.1 Å². The normalized spacial score (nSPS) is 12.9. The standard InChI is InChI=1S/C33H34FN5S/c1-7-21(8-2)12-23(9-3)24-10-11-30-28(16-24)33(39-38-30)31-17-27-29(19-35-20-32(27)37-31)25-13-22(14-26(34)15-25)18-36-40(4,5)6/h7,9-17,19-20,36-37H,1,4-5,8,18H2,2-3,6H3,(H,38,39)/b21-12+,23-9+. The van der Waals surface area contributed by atoms with Crippen molar-refractivity contribution in [2.45, 2.75) is 26.8 Å². The van der Waals surface area contributed by atoms with Gasteiger partial charge >= 0.3 is 0 Å². The number of hydrogen-bond acceptors (Lipinski definition) is 3. The molecule has 0 saturated carbocycles. The molecule has 0 aliphatic rings. The molecule has 0 spiro atoms. The zero-order valence-electron chi connectivity index (χ0n) is 23.1. The van der Waals surface area contributed by atoms with Gasteiger partial charge < -0.3 is 4.98 Å². The maximum absolute atomic E-state index is 14.7. The second-order valence-electron chi connectivity index (χ2n) is 10.1. The zero-order chi connectivity index (χ0) is 28.4. The quantitative estimate of drug-likeness (QED) is 0.128. The van der Waals surface area contributed by atoms with E-state index in [0.29, 0.717) is 6.54 Å². The first-order valence-corrected chi connectivity index (χ1v) is 15.5. The topological polar surface area (TPSA) is 69.4 Å². The van der Waals surface area contributed by atoms with Crippen molar-refractivity contribution in [1.29, 1.82) is 0 Å². The van der Waals surface area contributed by atoms with Gasteiger partial charge in [0.25, 0.3) is 0 Å². The molecule has 204 valence electrons. The van der Waals surface area contributed by atoms with E-state index in [9.17, 15) is 4.39 Å². The van der Waals surface area contributed by atoms with Gasteiger partial charge in [-0.2, -0.15) is 14.5 Å². The van der Waals surface area contributed by atoms with Gasteiger partial charge in [-0.1, -0.05) is 49.5 Å². The van der Waals surface area contributed by atoms with Crippen LogP contribution in [0.2, 0.25) is 0 Å². The van der Waals surface area contributed by atoms with E-state index in [2.05, 4.69) is 86.5 Å². The van der Waals surface area contributed by atoms with Crippen LogP contribution in [0.1, 0.15) is 31.4 Å². The summed E-state index contributed by atoms with van der Waals surface area (Å²) in [6, 6.07) is 13.5. The number of nitrogens with zero attached hydrogens (tertiary/aromatic N) is 2. The number of pyridine rings is 1. The molecule has 0 aliphatic heterocycles. The van der Waals surface area contributed by atoms with Crippen molar-refractivity contribution in [2.75, 3.05) is 6.26 Å². The summed E-state index contributed by atoms with van der Waals surface area (Å²) >= 11 is 0. The first-order chi connectivity index (χ1) is 19.2. The number of rotatable bonds is 9. The Hall–Kier alpha value is -4.20. The van der Waals surface area contributed by atoms with E-state index in [-0.39, 0.29) is 5.82 Å². The molecule has 3 heterocycles. The molecule has 40 heavy (non-hydrogen) atoms.